The highest BCUT2D eigenvalue weighted by Crippen LogP contribution is 2.35. The predicted molar refractivity (Wildman–Crippen MR) is 106 cm³/mol. The molecule has 0 bridgehead atoms. The molecule has 2 heterocycles. The van der Waals surface area contributed by atoms with Crippen molar-refractivity contribution in [1.29, 1.82) is 0 Å². The molecule has 0 unspecified atom stereocenters. The number of fused-ring (bicyclic) bond motifs is 1. The molecule has 0 aliphatic carbocycles. The Hall–Kier alpha value is -2.89. The Labute approximate surface area is 159 Å². The second kappa shape index (κ2) is 7.39. The van der Waals surface area contributed by atoms with E-state index >= 15 is 0 Å². The van der Waals surface area contributed by atoms with Crippen LogP contribution in [0.1, 0.15) is 25.3 Å². The Morgan fingerprint density at radius 3 is 2.37 bits per heavy atom. The first-order valence-electron chi connectivity index (χ1n) is 9.40. The Morgan fingerprint density at radius 1 is 0.963 bits per heavy atom. The van der Waals surface area contributed by atoms with Gasteiger partial charge in [0, 0.05) is 43.6 Å². The average molecular weight is 367 g/mol. The minimum atomic E-state index is -0.0439. The number of piperazine rings is 1. The van der Waals surface area contributed by atoms with Gasteiger partial charge < -0.3 is 24.6 Å². The van der Waals surface area contributed by atoms with E-state index in [2.05, 4.69) is 36.2 Å². The molecule has 2 aliphatic rings. The van der Waals surface area contributed by atoms with E-state index in [0.717, 1.165) is 36.0 Å². The number of anilines is 2. The molecule has 0 atom stereocenters. The molecule has 1 fully saturated rings. The number of benzene rings is 2. The van der Waals surface area contributed by atoms with Gasteiger partial charge in [0.05, 0.1) is 0 Å². The van der Waals surface area contributed by atoms with Crippen LogP contribution in [0.2, 0.25) is 0 Å². The molecule has 1 N–H and O–H groups in total. The average Bonchev–Trinajstić information content (AvgIpc) is 3.16. The third-order valence-electron chi connectivity index (χ3n) is 5.12. The maximum absolute atomic E-state index is 12.5. The van der Waals surface area contributed by atoms with Crippen LogP contribution < -0.4 is 19.7 Å². The molecular formula is C21H25N3O3. The largest absolute Gasteiger partial charge is 0.454 e. The lowest BCUT2D eigenvalue weighted by atomic mass is 10.0. The number of amides is 2. The van der Waals surface area contributed by atoms with Gasteiger partial charge in [0.2, 0.25) is 6.79 Å². The Kier molecular flexibility index (Phi) is 4.79. The van der Waals surface area contributed by atoms with Crippen molar-refractivity contribution >= 4 is 17.4 Å². The molecule has 0 aromatic heterocycles. The summed E-state index contributed by atoms with van der Waals surface area (Å²) in [5.74, 6) is 2.07. The number of ether oxygens (including phenoxy) is 2. The molecule has 0 saturated carbocycles. The summed E-state index contributed by atoms with van der Waals surface area (Å²) in [7, 11) is 0. The summed E-state index contributed by atoms with van der Waals surface area (Å²) < 4.78 is 10.8. The van der Waals surface area contributed by atoms with Crippen molar-refractivity contribution < 1.29 is 14.3 Å². The van der Waals surface area contributed by atoms with Gasteiger partial charge >= 0.3 is 6.03 Å². The normalized spacial score (nSPS) is 16.0. The van der Waals surface area contributed by atoms with E-state index in [4.69, 9.17) is 9.47 Å². The minimum Gasteiger partial charge on any atom is -0.454 e. The minimum absolute atomic E-state index is 0.0439. The molecule has 6 heteroatoms. The van der Waals surface area contributed by atoms with Crippen LogP contribution in [0.5, 0.6) is 11.5 Å². The maximum Gasteiger partial charge on any atom is 0.321 e. The lowest BCUT2D eigenvalue weighted by Gasteiger charge is -2.36. The van der Waals surface area contributed by atoms with Gasteiger partial charge in [-0.3, -0.25) is 0 Å². The highest BCUT2D eigenvalue weighted by Gasteiger charge is 2.23. The number of nitrogens with one attached hydrogen (secondary N) is 1. The van der Waals surface area contributed by atoms with E-state index < -0.39 is 0 Å². The van der Waals surface area contributed by atoms with Crippen LogP contribution >= 0.6 is 0 Å². The van der Waals surface area contributed by atoms with Crippen molar-refractivity contribution in [3.05, 3.63) is 48.0 Å². The zero-order chi connectivity index (χ0) is 18.8. The van der Waals surface area contributed by atoms with Gasteiger partial charge in [0.15, 0.2) is 11.5 Å². The van der Waals surface area contributed by atoms with Crippen LogP contribution in [0, 0.1) is 0 Å². The highest BCUT2D eigenvalue weighted by atomic mass is 16.7. The standard InChI is InChI=1S/C21H25N3O3/c1-15(2)16-3-5-17(6-4-16)22-21(25)24-11-9-23(10-12-24)18-7-8-19-20(13-18)27-14-26-19/h3-8,13,15H,9-12,14H2,1-2H3,(H,22,25). The zero-order valence-electron chi connectivity index (χ0n) is 15.8. The van der Waals surface area contributed by atoms with Gasteiger partial charge in [-0.1, -0.05) is 26.0 Å². The summed E-state index contributed by atoms with van der Waals surface area (Å²) in [4.78, 5) is 16.7. The molecule has 0 radical (unpaired) electrons. The zero-order valence-corrected chi connectivity index (χ0v) is 15.8. The fourth-order valence-electron chi connectivity index (χ4n) is 3.40. The first-order chi connectivity index (χ1) is 13.1. The third-order valence-corrected chi connectivity index (χ3v) is 5.12. The predicted octanol–water partition coefficient (Wildman–Crippen LogP) is 3.89. The van der Waals surface area contributed by atoms with Gasteiger partial charge in [-0.15, -0.1) is 0 Å². The van der Waals surface area contributed by atoms with Crippen molar-refractivity contribution in [2.24, 2.45) is 0 Å². The van der Waals surface area contributed by atoms with Gasteiger partial charge in [0.1, 0.15) is 0 Å². The van der Waals surface area contributed by atoms with Gasteiger partial charge in [-0.25, -0.2) is 4.79 Å². The number of carbonyl (C=O) groups is 1. The quantitative estimate of drug-likeness (QED) is 0.894. The van der Waals surface area contributed by atoms with Crippen LogP contribution in [0.25, 0.3) is 0 Å². The molecule has 6 nitrogen and oxygen atoms in total. The second-order valence-corrected chi connectivity index (χ2v) is 7.22. The summed E-state index contributed by atoms with van der Waals surface area (Å²) in [6.07, 6.45) is 0. The van der Waals surface area contributed by atoms with Crippen LogP contribution in [-0.4, -0.2) is 43.9 Å². The van der Waals surface area contributed by atoms with Crippen molar-refractivity contribution in [3.8, 4) is 11.5 Å². The van der Waals surface area contributed by atoms with Crippen LogP contribution in [0.15, 0.2) is 42.5 Å². The van der Waals surface area contributed by atoms with Crippen LogP contribution in [-0.2, 0) is 0 Å². The lowest BCUT2D eigenvalue weighted by molar-refractivity contribution is 0.174. The SMILES string of the molecule is CC(C)c1ccc(NC(=O)N2CCN(c3ccc4c(c3)OCO4)CC2)cc1. The Morgan fingerprint density at radius 2 is 1.67 bits per heavy atom. The number of urea groups is 1. The number of hydrogen-bond donors (Lipinski definition) is 1. The second-order valence-electron chi connectivity index (χ2n) is 7.22. The summed E-state index contributed by atoms with van der Waals surface area (Å²) >= 11 is 0. The first kappa shape index (κ1) is 17.5. The number of hydrogen-bond acceptors (Lipinski definition) is 4. The van der Waals surface area contributed by atoms with E-state index in [0.29, 0.717) is 19.0 Å². The smallest absolute Gasteiger partial charge is 0.321 e. The Balaban J connectivity index is 1.32. The molecule has 2 aliphatic heterocycles. The molecule has 142 valence electrons. The molecule has 2 aromatic carbocycles. The first-order valence-corrected chi connectivity index (χ1v) is 9.40. The summed E-state index contributed by atoms with van der Waals surface area (Å²) in [5.41, 5.74) is 3.21. The van der Waals surface area contributed by atoms with Crippen molar-refractivity contribution in [3.63, 3.8) is 0 Å². The summed E-state index contributed by atoms with van der Waals surface area (Å²) in [6, 6.07) is 14.0. The summed E-state index contributed by atoms with van der Waals surface area (Å²) in [5, 5.41) is 3.00. The topological polar surface area (TPSA) is 54.0 Å². The molecule has 2 aromatic rings. The van der Waals surface area contributed by atoms with Gasteiger partial charge in [-0.2, -0.15) is 0 Å². The molecule has 27 heavy (non-hydrogen) atoms. The van der Waals surface area contributed by atoms with Gasteiger partial charge in [0.25, 0.3) is 0 Å². The third kappa shape index (κ3) is 3.79. The van der Waals surface area contributed by atoms with E-state index in [-0.39, 0.29) is 12.8 Å². The maximum atomic E-state index is 12.5. The van der Waals surface area contributed by atoms with E-state index in [9.17, 15) is 4.79 Å². The van der Waals surface area contributed by atoms with Crippen LogP contribution in [0.4, 0.5) is 16.2 Å². The van der Waals surface area contributed by atoms with E-state index in [1.165, 1.54) is 5.56 Å². The fraction of sp³-hybridized carbons (Fsp3) is 0.381. The highest BCUT2D eigenvalue weighted by molar-refractivity contribution is 5.89. The number of rotatable bonds is 3. The van der Waals surface area contributed by atoms with Gasteiger partial charge in [-0.05, 0) is 35.7 Å². The van der Waals surface area contributed by atoms with Crippen molar-refractivity contribution in [2.45, 2.75) is 19.8 Å². The van der Waals surface area contributed by atoms with E-state index in [1.807, 2.05) is 35.2 Å². The van der Waals surface area contributed by atoms with E-state index in [1.54, 1.807) is 0 Å². The molecule has 0 spiro atoms. The number of nitrogens with zero attached hydrogens (tertiary/aromatic N) is 2. The van der Waals surface area contributed by atoms with Crippen molar-refractivity contribution in [2.75, 3.05) is 43.2 Å². The fourth-order valence-corrected chi connectivity index (χ4v) is 3.40. The molecular weight excluding hydrogens is 342 g/mol. The Bertz CT molecular complexity index is 812. The van der Waals surface area contributed by atoms with Crippen molar-refractivity contribution in [1.82, 2.24) is 4.90 Å². The lowest BCUT2D eigenvalue weighted by Crippen LogP contribution is -2.50. The number of carbonyl (C=O) groups excluding carboxylic acids is 1. The monoisotopic (exact) mass is 367 g/mol. The van der Waals surface area contributed by atoms with Crippen LogP contribution in [0.3, 0.4) is 0 Å². The molecule has 2 amide bonds. The molecule has 4 rings (SSSR count). The molecule has 1 saturated heterocycles. The summed E-state index contributed by atoms with van der Waals surface area (Å²) in [6.45, 7) is 7.55.